The monoisotopic (exact) mass is 120 g/mol. The third-order valence-electron chi connectivity index (χ3n) is 0.981. The SMILES string of the molecule is FC1COCCCO1. The second kappa shape index (κ2) is 2.99. The number of alkyl halides is 1. The highest BCUT2D eigenvalue weighted by atomic mass is 19.1. The molecule has 0 bridgehead atoms. The zero-order valence-electron chi connectivity index (χ0n) is 4.60. The summed E-state index contributed by atoms with van der Waals surface area (Å²) in [5.41, 5.74) is 0. The molecule has 2 nitrogen and oxygen atoms in total. The minimum absolute atomic E-state index is 0.0972. The standard InChI is InChI=1S/C5H9FO2/c6-5-4-7-2-1-3-8-5/h5H,1-4H2. The van der Waals surface area contributed by atoms with E-state index in [2.05, 4.69) is 4.74 Å². The molecule has 1 heterocycles. The van der Waals surface area contributed by atoms with E-state index in [0.717, 1.165) is 6.42 Å². The molecule has 48 valence electrons. The van der Waals surface area contributed by atoms with Gasteiger partial charge in [0, 0.05) is 6.61 Å². The molecule has 0 saturated carbocycles. The summed E-state index contributed by atoms with van der Waals surface area (Å²) >= 11 is 0. The maximum Gasteiger partial charge on any atom is 0.222 e. The largest absolute Gasteiger partial charge is 0.376 e. The normalized spacial score (nSPS) is 31.9. The minimum atomic E-state index is -1.20. The molecular weight excluding hydrogens is 111 g/mol. The van der Waals surface area contributed by atoms with E-state index in [1.165, 1.54) is 0 Å². The lowest BCUT2D eigenvalue weighted by molar-refractivity contribution is -0.0583. The lowest BCUT2D eigenvalue weighted by Crippen LogP contribution is -2.09. The summed E-state index contributed by atoms with van der Waals surface area (Å²) in [6.07, 6.45) is -0.391. The first-order valence-corrected chi connectivity index (χ1v) is 2.73. The van der Waals surface area contributed by atoms with E-state index in [-0.39, 0.29) is 6.61 Å². The minimum Gasteiger partial charge on any atom is -0.376 e. The Hall–Kier alpha value is -0.150. The number of halogens is 1. The quantitative estimate of drug-likeness (QED) is 0.469. The van der Waals surface area contributed by atoms with Gasteiger partial charge in [-0.15, -0.1) is 0 Å². The van der Waals surface area contributed by atoms with Gasteiger partial charge in [-0.1, -0.05) is 0 Å². The Morgan fingerprint density at radius 2 is 2.25 bits per heavy atom. The molecule has 0 amide bonds. The maximum atomic E-state index is 12.1. The van der Waals surface area contributed by atoms with Crippen LogP contribution in [0.5, 0.6) is 0 Å². The summed E-state index contributed by atoms with van der Waals surface area (Å²) in [5.74, 6) is 0. The van der Waals surface area contributed by atoms with Crippen LogP contribution in [0.4, 0.5) is 4.39 Å². The van der Waals surface area contributed by atoms with Crippen molar-refractivity contribution in [1.29, 1.82) is 0 Å². The van der Waals surface area contributed by atoms with Gasteiger partial charge in [0.05, 0.1) is 6.61 Å². The predicted molar refractivity (Wildman–Crippen MR) is 26.3 cm³/mol. The summed E-state index contributed by atoms with van der Waals surface area (Å²) in [4.78, 5) is 0. The van der Waals surface area contributed by atoms with Crippen LogP contribution in [0.1, 0.15) is 6.42 Å². The summed E-state index contributed by atoms with van der Waals surface area (Å²) in [7, 11) is 0. The van der Waals surface area contributed by atoms with Gasteiger partial charge in [-0.05, 0) is 6.42 Å². The van der Waals surface area contributed by atoms with Gasteiger partial charge in [-0.2, -0.15) is 0 Å². The van der Waals surface area contributed by atoms with Crippen LogP contribution in [0.2, 0.25) is 0 Å². The van der Waals surface area contributed by atoms with E-state index < -0.39 is 6.36 Å². The van der Waals surface area contributed by atoms with Crippen LogP contribution in [0.3, 0.4) is 0 Å². The first-order valence-electron chi connectivity index (χ1n) is 2.73. The summed E-state index contributed by atoms with van der Waals surface area (Å²) in [5, 5.41) is 0. The lowest BCUT2D eigenvalue weighted by atomic mass is 10.5. The number of rotatable bonds is 0. The van der Waals surface area contributed by atoms with Crippen molar-refractivity contribution >= 4 is 0 Å². The van der Waals surface area contributed by atoms with Crippen molar-refractivity contribution < 1.29 is 13.9 Å². The molecule has 1 fully saturated rings. The highest BCUT2D eigenvalue weighted by Crippen LogP contribution is 2.01. The van der Waals surface area contributed by atoms with Crippen molar-refractivity contribution in [1.82, 2.24) is 0 Å². The Morgan fingerprint density at radius 3 is 3.12 bits per heavy atom. The van der Waals surface area contributed by atoms with Crippen molar-refractivity contribution in [3.63, 3.8) is 0 Å². The van der Waals surface area contributed by atoms with E-state index in [1.54, 1.807) is 0 Å². The van der Waals surface area contributed by atoms with Gasteiger partial charge in [-0.25, -0.2) is 4.39 Å². The molecule has 0 aliphatic carbocycles. The van der Waals surface area contributed by atoms with E-state index in [0.29, 0.717) is 13.2 Å². The first kappa shape index (κ1) is 5.98. The zero-order valence-corrected chi connectivity index (χ0v) is 4.60. The number of hydrogen-bond donors (Lipinski definition) is 0. The molecule has 0 spiro atoms. The fourth-order valence-corrected chi connectivity index (χ4v) is 0.596. The molecule has 1 atom stereocenters. The molecule has 0 aromatic carbocycles. The fraction of sp³-hybridized carbons (Fsp3) is 1.00. The lowest BCUT2D eigenvalue weighted by Gasteiger charge is -2.01. The van der Waals surface area contributed by atoms with Gasteiger partial charge in [0.2, 0.25) is 6.36 Å². The third kappa shape index (κ3) is 1.76. The highest BCUT2D eigenvalue weighted by molar-refractivity contribution is 4.45. The Balaban J connectivity index is 2.17. The van der Waals surface area contributed by atoms with Crippen molar-refractivity contribution in [2.45, 2.75) is 12.8 Å². The average Bonchev–Trinajstić information content (AvgIpc) is 1.94. The Morgan fingerprint density at radius 1 is 1.38 bits per heavy atom. The van der Waals surface area contributed by atoms with Gasteiger partial charge in [0.15, 0.2) is 0 Å². The second-order valence-electron chi connectivity index (χ2n) is 1.71. The molecule has 1 aliphatic heterocycles. The van der Waals surface area contributed by atoms with Crippen LogP contribution in [0.25, 0.3) is 0 Å². The van der Waals surface area contributed by atoms with Gasteiger partial charge in [0.1, 0.15) is 6.61 Å². The van der Waals surface area contributed by atoms with Gasteiger partial charge in [0.25, 0.3) is 0 Å². The summed E-state index contributed by atoms with van der Waals surface area (Å²) in [6, 6.07) is 0. The van der Waals surface area contributed by atoms with Crippen molar-refractivity contribution in [3.8, 4) is 0 Å². The van der Waals surface area contributed by atoms with Crippen molar-refractivity contribution in [3.05, 3.63) is 0 Å². The summed E-state index contributed by atoms with van der Waals surface area (Å²) < 4.78 is 21.5. The van der Waals surface area contributed by atoms with E-state index >= 15 is 0 Å². The first-order chi connectivity index (χ1) is 3.89. The van der Waals surface area contributed by atoms with Crippen LogP contribution in [0.15, 0.2) is 0 Å². The Kier molecular flexibility index (Phi) is 2.24. The molecule has 0 radical (unpaired) electrons. The smallest absolute Gasteiger partial charge is 0.222 e. The molecule has 1 saturated heterocycles. The van der Waals surface area contributed by atoms with Gasteiger partial charge in [-0.3, -0.25) is 0 Å². The number of hydrogen-bond acceptors (Lipinski definition) is 2. The molecule has 1 unspecified atom stereocenters. The van der Waals surface area contributed by atoms with Crippen LogP contribution in [0, 0.1) is 0 Å². The molecule has 1 aliphatic rings. The Bertz CT molecular complexity index is 59.4. The molecule has 0 N–H and O–H groups in total. The molecule has 3 heteroatoms. The van der Waals surface area contributed by atoms with Crippen LogP contribution in [-0.2, 0) is 9.47 Å². The Labute approximate surface area is 47.6 Å². The average molecular weight is 120 g/mol. The second-order valence-corrected chi connectivity index (χ2v) is 1.71. The fourth-order valence-electron chi connectivity index (χ4n) is 0.596. The maximum absolute atomic E-state index is 12.1. The molecule has 8 heavy (non-hydrogen) atoms. The van der Waals surface area contributed by atoms with Crippen molar-refractivity contribution in [2.75, 3.05) is 19.8 Å². The third-order valence-corrected chi connectivity index (χ3v) is 0.981. The van der Waals surface area contributed by atoms with Gasteiger partial charge >= 0.3 is 0 Å². The molecule has 0 aromatic rings. The highest BCUT2D eigenvalue weighted by Gasteiger charge is 2.08. The predicted octanol–water partition coefficient (Wildman–Crippen LogP) is 0.719. The van der Waals surface area contributed by atoms with Crippen LogP contribution in [-0.4, -0.2) is 26.2 Å². The zero-order chi connectivity index (χ0) is 5.82. The molecular formula is C5H9FO2. The summed E-state index contributed by atoms with van der Waals surface area (Å²) in [6.45, 7) is 1.21. The van der Waals surface area contributed by atoms with Crippen molar-refractivity contribution in [2.24, 2.45) is 0 Å². The van der Waals surface area contributed by atoms with E-state index in [1.807, 2.05) is 0 Å². The van der Waals surface area contributed by atoms with Gasteiger partial charge < -0.3 is 9.47 Å². The molecule has 1 rings (SSSR count). The molecule has 0 aromatic heterocycles. The van der Waals surface area contributed by atoms with E-state index in [9.17, 15) is 4.39 Å². The number of ether oxygens (including phenoxy) is 2. The van der Waals surface area contributed by atoms with Crippen LogP contribution >= 0.6 is 0 Å². The van der Waals surface area contributed by atoms with E-state index in [4.69, 9.17) is 4.74 Å². The topological polar surface area (TPSA) is 18.5 Å². The van der Waals surface area contributed by atoms with Crippen LogP contribution < -0.4 is 0 Å².